The molecule has 3 fully saturated rings. The third-order valence-electron chi connectivity index (χ3n) is 8.87. The lowest BCUT2D eigenvalue weighted by Gasteiger charge is -2.39. The van der Waals surface area contributed by atoms with Crippen molar-refractivity contribution >= 4 is 17.7 Å². The first kappa shape index (κ1) is 26.6. The molecule has 4 rings (SSSR count). The van der Waals surface area contributed by atoms with E-state index in [0.29, 0.717) is 13.0 Å². The molecular formula is C28H41N3O5. The number of hydrogen-bond donors (Lipinski definition) is 3. The number of nitrogens with one attached hydrogen (secondary N) is 2. The highest BCUT2D eigenvalue weighted by atomic mass is 16.5. The molecule has 3 unspecified atom stereocenters. The van der Waals surface area contributed by atoms with Gasteiger partial charge in [-0.25, -0.2) is 0 Å². The highest BCUT2D eigenvalue weighted by molar-refractivity contribution is 5.99. The molecule has 8 heteroatoms. The van der Waals surface area contributed by atoms with Gasteiger partial charge < -0.3 is 25.4 Å². The van der Waals surface area contributed by atoms with Gasteiger partial charge >= 0.3 is 0 Å². The minimum absolute atomic E-state index is 0.0282. The topological polar surface area (TPSA) is 108 Å². The van der Waals surface area contributed by atoms with Crippen LogP contribution in [0.3, 0.4) is 0 Å². The highest BCUT2D eigenvalue weighted by Crippen LogP contribution is 2.65. The number of nitrogens with zero attached hydrogens (tertiary/aromatic N) is 1. The maximum Gasteiger partial charge on any atom is 0.246 e. The summed E-state index contributed by atoms with van der Waals surface area (Å²) in [6, 6.07) is 8.07. The molecule has 3 saturated heterocycles. The van der Waals surface area contributed by atoms with Gasteiger partial charge in [-0.1, -0.05) is 57.5 Å². The molecule has 1 spiro atoms. The molecule has 0 radical (unpaired) electrons. The van der Waals surface area contributed by atoms with Crippen molar-refractivity contribution in [3.05, 3.63) is 35.9 Å². The summed E-state index contributed by atoms with van der Waals surface area (Å²) < 4.78 is 6.73. The van der Waals surface area contributed by atoms with E-state index in [-0.39, 0.29) is 42.2 Å². The van der Waals surface area contributed by atoms with Crippen LogP contribution in [0.5, 0.6) is 0 Å². The van der Waals surface area contributed by atoms with Crippen LogP contribution in [0.1, 0.15) is 59.9 Å². The maximum absolute atomic E-state index is 14.2. The number of amides is 3. The molecule has 3 aliphatic heterocycles. The summed E-state index contributed by atoms with van der Waals surface area (Å²) in [5.41, 5.74) is -1.01. The molecule has 3 aliphatic rings. The van der Waals surface area contributed by atoms with Crippen molar-refractivity contribution in [1.29, 1.82) is 0 Å². The van der Waals surface area contributed by atoms with Crippen LogP contribution < -0.4 is 10.6 Å². The fraction of sp³-hybridized carbons (Fsp3) is 0.679. The standard InChI is InChI=1S/C28H41N3O5/c1-7-17(4)20(15-32)31-23(25(34)30-16(2)3)28-13-18(5)27(6,36-28)21(22(28)26(31)35)24(33)29-14-19-11-9-8-10-12-19/h8-12,16-18,20-23,32H,7,13-15H2,1-6H3,(H,29,33)(H,30,34)/t17-,18?,20-,21-,22-,23?,27+,28?/m0/s1. The first-order valence-electron chi connectivity index (χ1n) is 13.3. The number of likely N-dealkylation sites (tertiary alicyclic amines) is 1. The smallest absolute Gasteiger partial charge is 0.246 e. The SMILES string of the molecule is CC[C@H](C)[C@H](CO)N1C(=O)[C@@H]2[C@@H](C(=O)NCc3ccccc3)[C@]3(C)OC2(CC3C)C1C(=O)NC(C)C. The van der Waals surface area contributed by atoms with Crippen molar-refractivity contribution in [2.75, 3.05) is 6.61 Å². The molecule has 8 nitrogen and oxygen atoms in total. The van der Waals surface area contributed by atoms with E-state index in [1.165, 1.54) is 0 Å². The van der Waals surface area contributed by atoms with Crippen LogP contribution in [0.4, 0.5) is 0 Å². The summed E-state index contributed by atoms with van der Waals surface area (Å²) >= 11 is 0. The van der Waals surface area contributed by atoms with Gasteiger partial charge in [0.25, 0.3) is 0 Å². The minimum atomic E-state index is -1.11. The van der Waals surface area contributed by atoms with Crippen molar-refractivity contribution in [1.82, 2.24) is 15.5 Å². The average Bonchev–Trinajstić information content (AvgIpc) is 3.35. The van der Waals surface area contributed by atoms with Gasteiger partial charge in [-0.15, -0.1) is 0 Å². The molecule has 1 aromatic rings. The van der Waals surface area contributed by atoms with E-state index < -0.39 is 35.1 Å². The Morgan fingerprint density at radius 3 is 2.44 bits per heavy atom. The zero-order valence-electron chi connectivity index (χ0n) is 22.3. The average molecular weight is 500 g/mol. The quantitative estimate of drug-likeness (QED) is 0.483. The van der Waals surface area contributed by atoms with Crippen molar-refractivity contribution < 1.29 is 24.2 Å². The first-order valence-corrected chi connectivity index (χ1v) is 13.3. The van der Waals surface area contributed by atoms with Crippen molar-refractivity contribution in [2.24, 2.45) is 23.7 Å². The Labute approximate surface area is 214 Å². The van der Waals surface area contributed by atoms with E-state index in [0.717, 1.165) is 12.0 Å². The zero-order chi connectivity index (χ0) is 26.4. The van der Waals surface area contributed by atoms with Crippen molar-refractivity contribution in [3.63, 3.8) is 0 Å². The van der Waals surface area contributed by atoms with Gasteiger partial charge in [0.05, 0.1) is 30.1 Å². The molecule has 0 saturated carbocycles. The second kappa shape index (κ2) is 9.78. The van der Waals surface area contributed by atoms with E-state index in [9.17, 15) is 19.5 Å². The van der Waals surface area contributed by atoms with E-state index in [1.54, 1.807) is 4.90 Å². The molecule has 3 amide bonds. The Kier molecular flexibility index (Phi) is 7.23. The molecule has 8 atom stereocenters. The van der Waals surface area contributed by atoms with E-state index in [4.69, 9.17) is 4.74 Å². The van der Waals surface area contributed by atoms with Gasteiger partial charge in [-0.3, -0.25) is 14.4 Å². The summed E-state index contributed by atoms with van der Waals surface area (Å²) in [5, 5.41) is 16.4. The number of ether oxygens (including phenoxy) is 1. The van der Waals surface area contributed by atoms with Crippen LogP contribution in [0.15, 0.2) is 30.3 Å². The van der Waals surface area contributed by atoms with Crippen LogP contribution in [-0.2, 0) is 25.7 Å². The number of carbonyl (C=O) groups is 3. The minimum Gasteiger partial charge on any atom is -0.394 e. The third-order valence-corrected chi connectivity index (χ3v) is 8.87. The Hall–Kier alpha value is -2.45. The van der Waals surface area contributed by atoms with Gasteiger partial charge in [0, 0.05) is 12.6 Å². The maximum atomic E-state index is 14.2. The molecule has 3 heterocycles. The van der Waals surface area contributed by atoms with Crippen LogP contribution in [0, 0.1) is 23.7 Å². The summed E-state index contributed by atoms with van der Waals surface area (Å²) in [5.74, 6) is -2.36. The van der Waals surface area contributed by atoms with Crippen LogP contribution in [-0.4, -0.2) is 63.7 Å². The molecule has 36 heavy (non-hydrogen) atoms. The number of carbonyl (C=O) groups excluding carboxylic acids is 3. The fourth-order valence-electron chi connectivity index (χ4n) is 6.81. The second-order valence-electron chi connectivity index (χ2n) is 11.5. The number of benzene rings is 1. The Morgan fingerprint density at radius 1 is 1.19 bits per heavy atom. The largest absolute Gasteiger partial charge is 0.394 e. The number of aliphatic hydroxyl groups excluding tert-OH is 1. The van der Waals surface area contributed by atoms with Gasteiger partial charge in [-0.2, -0.15) is 0 Å². The summed E-state index contributed by atoms with van der Waals surface area (Å²) in [7, 11) is 0. The normalized spacial score (nSPS) is 34.6. The molecule has 198 valence electrons. The van der Waals surface area contributed by atoms with Crippen LogP contribution >= 0.6 is 0 Å². The van der Waals surface area contributed by atoms with Gasteiger partial charge in [0.1, 0.15) is 11.6 Å². The molecule has 0 aromatic heterocycles. The molecule has 2 bridgehead atoms. The van der Waals surface area contributed by atoms with Crippen LogP contribution in [0.2, 0.25) is 0 Å². The Balaban J connectivity index is 1.75. The van der Waals surface area contributed by atoms with Gasteiger partial charge in [0.2, 0.25) is 17.7 Å². The summed E-state index contributed by atoms with van der Waals surface area (Å²) in [4.78, 5) is 43.2. The van der Waals surface area contributed by atoms with E-state index >= 15 is 0 Å². The Morgan fingerprint density at radius 2 is 1.86 bits per heavy atom. The van der Waals surface area contributed by atoms with Crippen molar-refractivity contribution in [3.8, 4) is 0 Å². The van der Waals surface area contributed by atoms with Gasteiger partial charge in [-0.05, 0) is 44.6 Å². The molecule has 3 N–H and O–H groups in total. The predicted octanol–water partition coefficient (Wildman–Crippen LogP) is 2.25. The lowest BCUT2D eigenvalue weighted by atomic mass is 9.62. The zero-order valence-corrected chi connectivity index (χ0v) is 22.3. The monoisotopic (exact) mass is 499 g/mol. The van der Waals surface area contributed by atoms with Gasteiger partial charge in [0.15, 0.2) is 0 Å². The summed E-state index contributed by atoms with van der Waals surface area (Å²) in [6.07, 6.45) is 1.24. The second-order valence-corrected chi connectivity index (χ2v) is 11.5. The lowest BCUT2D eigenvalue weighted by molar-refractivity contribution is -0.152. The first-order chi connectivity index (χ1) is 17.0. The molecular weight excluding hydrogens is 458 g/mol. The van der Waals surface area contributed by atoms with E-state index in [2.05, 4.69) is 10.6 Å². The molecule has 1 aromatic carbocycles. The van der Waals surface area contributed by atoms with Crippen molar-refractivity contribution in [2.45, 2.75) is 90.3 Å². The van der Waals surface area contributed by atoms with Crippen LogP contribution in [0.25, 0.3) is 0 Å². The highest BCUT2D eigenvalue weighted by Gasteiger charge is 2.80. The number of fused-ring (bicyclic) bond motifs is 1. The third kappa shape index (κ3) is 4.02. The predicted molar refractivity (Wildman–Crippen MR) is 136 cm³/mol. The Bertz CT molecular complexity index is 1000. The number of aliphatic hydroxyl groups is 1. The summed E-state index contributed by atoms with van der Waals surface area (Å²) in [6.45, 7) is 11.8. The lowest BCUT2D eigenvalue weighted by Crippen LogP contribution is -2.60. The fourth-order valence-corrected chi connectivity index (χ4v) is 6.81. The number of rotatable bonds is 9. The number of hydrogen-bond acceptors (Lipinski definition) is 5. The molecule has 0 aliphatic carbocycles. The van der Waals surface area contributed by atoms with E-state index in [1.807, 2.05) is 71.9 Å².